The number of amides is 1. The number of Topliss-reactive ketones (excluding diaryl/α,β-unsaturated/α-hetero) is 1. The summed E-state index contributed by atoms with van der Waals surface area (Å²) in [5.41, 5.74) is 1.18. The molecule has 1 fully saturated rings. The zero-order valence-electron chi connectivity index (χ0n) is 22.2. The van der Waals surface area contributed by atoms with E-state index in [0.717, 1.165) is 17.7 Å². The minimum atomic E-state index is -3.07. The summed E-state index contributed by atoms with van der Waals surface area (Å²) in [5, 5.41) is 0.546. The molecule has 42 heavy (non-hydrogen) atoms. The van der Waals surface area contributed by atoms with E-state index in [1.54, 1.807) is 6.07 Å². The van der Waals surface area contributed by atoms with Crippen LogP contribution in [0.5, 0.6) is 17.2 Å². The largest absolute Gasteiger partial charge is 0.497 e. The molecule has 1 atom stereocenters. The number of methoxy groups -OCH3 is 1. The average Bonchev–Trinajstić information content (AvgIpc) is 3.76. The van der Waals surface area contributed by atoms with E-state index >= 15 is 0 Å². The summed E-state index contributed by atoms with van der Waals surface area (Å²) in [6.07, 6.45) is 3.91. The molecule has 220 valence electrons. The number of aromatic nitrogens is 1. The third-order valence-corrected chi connectivity index (χ3v) is 7.53. The van der Waals surface area contributed by atoms with Gasteiger partial charge in [-0.05, 0) is 54.7 Å². The van der Waals surface area contributed by atoms with Crippen molar-refractivity contribution in [3.8, 4) is 17.2 Å². The highest BCUT2D eigenvalue weighted by Crippen LogP contribution is 2.38. The summed E-state index contributed by atoms with van der Waals surface area (Å²) in [5.74, 6) is -1.91. The summed E-state index contributed by atoms with van der Waals surface area (Å²) in [4.78, 5) is 42.4. The molecule has 2 heterocycles. The van der Waals surface area contributed by atoms with Gasteiger partial charge in [0.2, 0.25) is 0 Å². The van der Waals surface area contributed by atoms with Crippen LogP contribution in [0, 0.1) is 5.92 Å². The molecule has 1 amide bonds. The highest BCUT2D eigenvalue weighted by molar-refractivity contribution is 6.52. The first-order valence-electron chi connectivity index (χ1n) is 12.9. The fourth-order valence-corrected chi connectivity index (χ4v) is 5.03. The van der Waals surface area contributed by atoms with E-state index in [-0.39, 0.29) is 39.2 Å². The molecule has 1 aliphatic heterocycles. The number of ketones is 1. The van der Waals surface area contributed by atoms with Crippen molar-refractivity contribution in [3.63, 3.8) is 0 Å². The molecule has 3 aromatic rings. The van der Waals surface area contributed by atoms with Crippen molar-refractivity contribution in [2.24, 2.45) is 5.92 Å². The maximum absolute atomic E-state index is 13.3. The molecule has 5 rings (SSSR count). The lowest BCUT2D eigenvalue weighted by Gasteiger charge is -2.23. The van der Waals surface area contributed by atoms with E-state index in [9.17, 15) is 23.2 Å². The van der Waals surface area contributed by atoms with Crippen LogP contribution in [0.15, 0.2) is 48.8 Å². The van der Waals surface area contributed by atoms with Gasteiger partial charge in [-0.15, -0.1) is 0 Å². The number of ether oxygens (including phenoxy) is 4. The Balaban J connectivity index is 1.44. The van der Waals surface area contributed by atoms with Gasteiger partial charge in [0.05, 0.1) is 25.0 Å². The number of esters is 1. The first kappa shape index (κ1) is 29.5. The van der Waals surface area contributed by atoms with Crippen molar-refractivity contribution in [1.82, 2.24) is 0 Å². The first-order valence-corrected chi connectivity index (χ1v) is 13.7. The molecule has 0 spiro atoms. The number of H-pyrrole nitrogens is 1. The van der Waals surface area contributed by atoms with Crippen molar-refractivity contribution >= 4 is 46.5 Å². The number of carbonyl (C=O) groups is 3. The molecule has 2 aliphatic rings. The number of anilines is 1. The molecule has 13 heteroatoms. The number of carbonyl (C=O) groups excluding carboxylic acids is 3. The van der Waals surface area contributed by atoms with Crippen LogP contribution in [-0.2, 0) is 20.7 Å². The molecular formula is C29H25Cl2F2N2O7+. The Hall–Kier alpha value is -3.96. The van der Waals surface area contributed by atoms with Crippen LogP contribution in [0.2, 0.25) is 10.0 Å². The molecule has 2 aromatic carbocycles. The zero-order chi connectivity index (χ0) is 30.0. The Morgan fingerprint density at radius 3 is 2.48 bits per heavy atom. The van der Waals surface area contributed by atoms with Crippen LogP contribution in [0.3, 0.4) is 0 Å². The van der Waals surface area contributed by atoms with E-state index < -0.39 is 36.9 Å². The van der Waals surface area contributed by atoms with Gasteiger partial charge in [-0.1, -0.05) is 29.3 Å². The minimum Gasteiger partial charge on any atom is -0.497 e. The highest BCUT2D eigenvalue weighted by atomic mass is 35.5. The number of alkyl halides is 2. The maximum Gasteiger partial charge on any atom is 0.387 e. The van der Waals surface area contributed by atoms with Crippen LogP contribution >= 0.6 is 23.2 Å². The van der Waals surface area contributed by atoms with Gasteiger partial charge >= 0.3 is 12.6 Å². The number of benzene rings is 2. The SMILES string of the molecule is COc1ccc2c(c1)C(=O)C(=O)N2CC(=O)O[C@@H](Cc1c(Cl)c[nH+]cc1Cl)c1ccc(OC(F)F)c(OCC2CC2)c1. The number of nitrogens with one attached hydrogen (secondary N) is 1. The molecule has 1 aromatic heterocycles. The van der Waals surface area contributed by atoms with E-state index in [1.165, 1.54) is 49.8 Å². The Bertz CT molecular complexity index is 1510. The molecule has 0 radical (unpaired) electrons. The summed E-state index contributed by atoms with van der Waals surface area (Å²) in [6, 6.07) is 8.72. The van der Waals surface area contributed by atoms with E-state index in [4.69, 9.17) is 37.4 Å². The zero-order valence-corrected chi connectivity index (χ0v) is 23.7. The van der Waals surface area contributed by atoms with Crippen molar-refractivity contribution in [2.45, 2.75) is 32.0 Å². The number of nitrogens with zero attached hydrogens (tertiary/aromatic N) is 1. The van der Waals surface area contributed by atoms with E-state index in [1.807, 2.05) is 0 Å². The third-order valence-electron chi connectivity index (χ3n) is 6.85. The summed E-state index contributed by atoms with van der Waals surface area (Å²) >= 11 is 12.7. The summed E-state index contributed by atoms with van der Waals surface area (Å²) < 4.78 is 47.5. The second-order valence-corrected chi connectivity index (χ2v) is 10.6. The third kappa shape index (κ3) is 6.57. The first-order chi connectivity index (χ1) is 20.1. The van der Waals surface area contributed by atoms with Gasteiger partial charge in [-0.2, -0.15) is 8.78 Å². The Labute approximate surface area is 249 Å². The van der Waals surface area contributed by atoms with Crippen LogP contribution in [0.4, 0.5) is 14.5 Å². The van der Waals surface area contributed by atoms with E-state index in [2.05, 4.69) is 9.72 Å². The molecule has 0 saturated heterocycles. The van der Waals surface area contributed by atoms with Gasteiger partial charge < -0.3 is 18.9 Å². The number of hydrogen-bond donors (Lipinski definition) is 0. The number of aromatic amines is 1. The summed E-state index contributed by atoms with van der Waals surface area (Å²) in [7, 11) is 1.43. The van der Waals surface area contributed by atoms with Gasteiger partial charge in [0.25, 0.3) is 11.7 Å². The van der Waals surface area contributed by atoms with Gasteiger partial charge in [0, 0.05) is 12.0 Å². The second-order valence-electron chi connectivity index (χ2n) is 9.75. The number of halogens is 4. The van der Waals surface area contributed by atoms with Crippen LogP contribution in [0.1, 0.15) is 40.4 Å². The lowest BCUT2D eigenvalue weighted by molar-refractivity contribution is -0.377. The summed E-state index contributed by atoms with van der Waals surface area (Å²) in [6.45, 7) is -3.33. The van der Waals surface area contributed by atoms with Gasteiger partial charge in [-0.3, -0.25) is 19.3 Å². The molecular weight excluding hydrogens is 597 g/mol. The quantitative estimate of drug-likeness (QED) is 0.200. The van der Waals surface area contributed by atoms with Gasteiger partial charge in [-0.25, -0.2) is 4.98 Å². The number of pyridine rings is 1. The Morgan fingerprint density at radius 2 is 1.81 bits per heavy atom. The molecule has 0 unspecified atom stereocenters. The van der Waals surface area contributed by atoms with Crippen molar-refractivity contribution in [2.75, 3.05) is 25.2 Å². The predicted octanol–water partition coefficient (Wildman–Crippen LogP) is 5.26. The number of hydrogen-bond acceptors (Lipinski definition) is 7. The fourth-order valence-electron chi connectivity index (χ4n) is 4.50. The predicted molar refractivity (Wildman–Crippen MR) is 147 cm³/mol. The monoisotopic (exact) mass is 621 g/mol. The van der Waals surface area contributed by atoms with Crippen LogP contribution < -0.4 is 24.1 Å². The molecule has 0 bridgehead atoms. The van der Waals surface area contributed by atoms with Crippen LogP contribution in [-0.4, -0.2) is 44.5 Å². The lowest BCUT2D eigenvalue weighted by atomic mass is 10.0. The average molecular weight is 622 g/mol. The maximum atomic E-state index is 13.3. The standard InChI is InChI=1S/C29H24Cl2F2N2O7/c1-39-17-5-6-22-19(9-17)27(37)28(38)35(22)13-26(36)41-24(10-18-20(30)11-34-12-21(18)31)16-4-7-23(42-29(32)33)25(8-16)40-14-15-2-3-15/h4-9,11-12,15,24,29H,2-3,10,13-14H2,1H3/p+1/t24-/m0/s1. The normalized spacial score (nSPS) is 15.0. The number of rotatable bonds is 12. The molecule has 1 N–H and O–H groups in total. The van der Waals surface area contributed by atoms with Crippen LogP contribution in [0.25, 0.3) is 0 Å². The molecule has 9 nitrogen and oxygen atoms in total. The minimum absolute atomic E-state index is 0.00410. The Kier molecular flexibility index (Phi) is 8.79. The molecule has 1 saturated carbocycles. The molecule has 1 aliphatic carbocycles. The van der Waals surface area contributed by atoms with Crippen molar-refractivity contribution < 1.29 is 47.1 Å². The topological polar surface area (TPSA) is 106 Å². The smallest absolute Gasteiger partial charge is 0.387 e. The van der Waals surface area contributed by atoms with Crippen molar-refractivity contribution in [3.05, 3.63) is 75.5 Å². The van der Waals surface area contributed by atoms with Gasteiger partial charge in [0.1, 0.15) is 28.4 Å². The van der Waals surface area contributed by atoms with E-state index in [0.29, 0.717) is 29.4 Å². The second kappa shape index (κ2) is 12.5. The van der Waals surface area contributed by atoms with Gasteiger partial charge in [0.15, 0.2) is 23.9 Å². The van der Waals surface area contributed by atoms with Crippen molar-refractivity contribution in [1.29, 1.82) is 0 Å². The lowest BCUT2D eigenvalue weighted by Crippen LogP contribution is -2.36. The highest BCUT2D eigenvalue weighted by Gasteiger charge is 2.38. The fraction of sp³-hybridized carbons (Fsp3) is 0.310. The number of fused-ring (bicyclic) bond motifs is 1. The Morgan fingerprint density at radius 1 is 1.07 bits per heavy atom.